The van der Waals surface area contributed by atoms with Gasteiger partial charge in [0.25, 0.3) is 5.91 Å². The van der Waals surface area contributed by atoms with Crippen LogP contribution in [0.25, 0.3) is 0 Å². The fourth-order valence-electron chi connectivity index (χ4n) is 6.85. The van der Waals surface area contributed by atoms with Crippen LogP contribution in [0, 0.1) is 13.8 Å². The Hall–Kier alpha value is -4.11. The lowest BCUT2D eigenvalue weighted by atomic mass is 9.89. The summed E-state index contributed by atoms with van der Waals surface area (Å²) in [5, 5.41) is 2.97. The number of anilines is 1. The molecule has 6 nitrogen and oxygen atoms in total. The number of halogens is 9. The van der Waals surface area contributed by atoms with Crippen molar-refractivity contribution in [2.24, 2.45) is 0 Å². The number of piperidine rings is 1. The van der Waals surface area contributed by atoms with Crippen LogP contribution >= 0.6 is 0 Å². The van der Waals surface area contributed by atoms with Gasteiger partial charge in [-0.15, -0.1) is 0 Å². The lowest BCUT2D eigenvalue weighted by Gasteiger charge is -2.46. The summed E-state index contributed by atoms with van der Waals surface area (Å²) in [4.78, 5) is 32.0. The highest BCUT2D eigenvalue weighted by Gasteiger charge is 2.40. The van der Waals surface area contributed by atoms with Gasteiger partial charge in [-0.1, -0.05) is 30.3 Å². The molecular weight excluding hydrogens is 691 g/mol. The van der Waals surface area contributed by atoms with Gasteiger partial charge in [-0.05, 0) is 80.1 Å². The highest BCUT2D eigenvalue weighted by Crippen LogP contribution is 2.38. The average Bonchev–Trinajstić information content (AvgIpc) is 3.05. The van der Waals surface area contributed by atoms with Gasteiger partial charge in [0.1, 0.15) is 0 Å². The fraction of sp³-hybridized carbons (Fsp3) is 0.444. The number of likely N-dealkylation sites (tertiary alicyclic amines) is 1. The molecule has 2 aliphatic heterocycles. The van der Waals surface area contributed by atoms with Gasteiger partial charge < -0.3 is 10.2 Å². The molecule has 51 heavy (non-hydrogen) atoms. The smallest absolute Gasteiger partial charge is 0.335 e. The summed E-state index contributed by atoms with van der Waals surface area (Å²) in [6, 6.07) is 9.88. The lowest BCUT2D eigenvalue weighted by molar-refractivity contribution is -0.143. The number of piperazine rings is 1. The van der Waals surface area contributed by atoms with E-state index < -0.39 is 52.7 Å². The van der Waals surface area contributed by atoms with E-state index in [0.29, 0.717) is 50.3 Å². The number of rotatable bonds is 7. The molecule has 1 N–H and O–H groups in total. The lowest BCUT2D eigenvalue weighted by Crippen LogP contribution is -2.57. The molecule has 0 saturated carbocycles. The first-order chi connectivity index (χ1) is 23.8. The maximum absolute atomic E-state index is 13.7. The Kier molecular flexibility index (Phi) is 11.1. The molecule has 2 aliphatic rings. The maximum atomic E-state index is 13.7. The highest BCUT2D eigenvalue weighted by molar-refractivity contribution is 5.95. The van der Waals surface area contributed by atoms with Gasteiger partial charge in [-0.25, -0.2) is 0 Å². The Morgan fingerprint density at radius 2 is 1.27 bits per heavy atom. The largest absolute Gasteiger partial charge is 0.416 e. The molecule has 0 spiro atoms. The van der Waals surface area contributed by atoms with E-state index in [-0.39, 0.29) is 43.9 Å². The maximum Gasteiger partial charge on any atom is 0.416 e. The number of alkyl halides is 9. The predicted octanol–water partition coefficient (Wildman–Crippen LogP) is 7.83. The molecule has 2 fully saturated rings. The summed E-state index contributed by atoms with van der Waals surface area (Å²) in [5.41, 5.74) is -1.82. The zero-order valence-electron chi connectivity index (χ0n) is 27.9. The summed E-state index contributed by atoms with van der Waals surface area (Å²) in [6.45, 7) is 6.21. The number of carbonyl (C=O) groups is 2. The minimum atomic E-state index is -5.15. The number of hydrogen-bond donors (Lipinski definition) is 1. The van der Waals surface area contributed by atoms with Crippen LogP contribution in [0.15, 0.2) is 60.7 Å². The summed E-state index contributed by atoms with van der Waals surface area (Å²) in [7, 11) is 0. The van der Waals surface area contributed by atoms with Crippen molar-refractivity contribution < 1.29 is 49.1 Å². The number of aryl methyl sites for hydroxylation is 2. The first kappa shape index (κ1) is 38.1. The van der Waals surface area contributed by atoms with Gasteiger partial charge in [-0.2, -0.15) is 39.5 Å². The summed E-state index contributed by atoms with van der Waals surface area (Å²) >= 11 is 0. The van der Waals surface area contributed by atoms with E-state index in [4.69, 9.17) is 0 Å². The molecule has 2 heterocycles. The number of nitrogens with zero attached hydrogens (tertiary/aromatic N) is 3. The number of amides is 2. The molecule has 3 aromatic carbocycles. The SMILES string of the molecule is Cc1cccc(C)c1NC(=O)CN1CCN(C2CCN(C(=O)c3cc(C(F)(F)F)cc(C(F)(F)F)c3)C(Cc3ccc(C(F)(F)F)cc3)C2)CC1. The molecule has 2 amide bonds. The molecular formula is C36H37F9N4O2. The van der Waals surface area contributed by atoms with Gasteiger partial charge in [0.15, 0.2) is 0 Å². The molecule has 276 valence electrons. The Balaban J connectivity index is 1.32. The third kappa shape index (κ3) is 9.42. The molecule has 0 bridgehead atoms. The Labute approximate surface area is 289 Å². The quantitative estimate of drug-likeness (QED) is 0.252. The first-order valence-electron chi connectivity index (χ1n) is 16.4. The van der Waals surface area contributed by atoms with Crippen LogP contribution in [0.4, 0.5) is 45.2 Å². The second-order valence-corrected chi connectivity index (χ2v) is 13.2. The molecule has 5 rings (SSSR count). The minimum Gasteiger partial charge on any atom is -0.335 e. The van der Waals surface area contributed by atoms with E-state index in [1.165, 1.54) is 17.0 Å². The van der Waals surface area contributed by atoms with Crippen molar-refractivity contribution >= 4 is 17.5 Å². The topological polar surface area (TPSA) is 55.9 Å². The minimum absolute atomic E-state index is 0.00476. The number of para-hydroxylation sites is 1. The molecule has 0 aromatic heterocycles. The van der Waals surface area contributed by atoms with Gasteiger partial charge >= 0.3 is 18.5 Å². The molecule has 0 radical (unpaired) electrons. The summed E-state index contributed by atoms with van der Waals surface area (Å²) in [6.07, 6.45) is -14.2. The van der Waals surface area contributed by atoms with Crippen molar-refractivity contribution in [2.45, 2.75) is 63.7 Å². The van der Waals surface area contributed by atoms with Crippen molar-refractivity contribution in [3.05, 3.63) is 99.6 Å². The van der Waals surface area contributed by atoms with Crippen molar-refractivity contribution in [3.63, 3.8) is 0 Å². The van der Waals surface area contributed by atoms with Crippen LogP contribution in [-0.2, 0) is 29.7 Å². The molecule has 2 saturated heterocycles. The van der Waals surface area contributed by atoms with Crippen molar-refractivity contribution in [1.82, 2.24) is 14.7 Å². The molecule has 2 atom stereocenters. The predicted molar refractivity (Wildman–Crippen MR) is 172 cm³/mol. The second kappa shape index (κ2) is 14.9. The standard InChI is InChI=1S/C36H37F9N4O2/c1-22-4-3-5-23(2)32(22)46-31(50)21-47-12-14-48(15-13-47)29-10-11-49(30(20-29)16-24-6-8-26(9-7-24)34(37,38)39)33(51)25-17-27(35(40,41)42)19-28(18-25)36(43,44)45/h3-9,17-19,29-30H,10-16,20-21H2,1-2H3,(H,46,50). The summed E-state index contributed by atoms with van der Waals surface area (Å²) in [5.74, 6) is -1.19. The van der Waals surface area contributed by atoms with Crippen molar-refractivity contribution in [2.75, 3.05) is 44.6 Å². The van der Waals surface area contributed by atoms with Crippen LogP contribution in [-0.4, -0.2) is 77.9 Å². The van der Waals surface area contributed by atoms with Crippen LogP contribution in [0.2, 0.25) is 0 Å². The number of carbonyl (C=O) groups excluding carboxylic acids is 2. The Morgan fingerprint density at radius 3 is 1.80 bits per heavy atom. The van der Waals surface area contributed by atoms with Gasteiger partial charge in [0.2, 0.25) is 5.91 Å². The molecule has 3 aromatic rings. The fourth-order valence-corrected chi connectivity index (χ4v) is 6.85. The molecule has 15 heteroatoms. The number of nitrogens with one attached hydrogen (secondary N) is 1. The summed E-state index contributed by atoms with van der Waals surface area (Å²) < 4.78 is 121. The van der Waals surface area contributed by atoms with E-state index in [0.717, 1.165) is 28.9 Å². The van der Waals surface area contributed by atoms with Crippen LogP contribution in [0.1, 0.15) is 56.6 Å². The van der Waals surface area contributed by atoms with E-state index in [1.807, 2.05) is 36.9 Å². The zero-order valence-corrected chi connectivity index (χ0v) is 27.9. The normalized spacial score (nSPS) is 19.6. The molecule has 0 aliphatic carbocycles. The monoisotopic (exact) mass is 728 g/mol. The number of benzene rings is 3. The van der Waals surface area contributed by atoms with E-state index in [1.54, 1.807) is 0 Å². The molecule has 2 unspecified atom stereocenters. The third-order valence-corrected chi connectivity index (χ3v) is 9.57. The second-order valence-electron chi connectivity index (χ2n) is 13.2. The van der Waals surface area contributed by atoms with Crippen LogP contribution < -0.4 is 5.32 Å². The van der Waals surface area contributed by atoms with Crippen LogP contribution in [0.3, 0.4) is 0 Å². The van der Waals surface area contributed by atoms with Gasteiger partial charge in [0.05, 0.1) is 23.2 Å². The van der Waals surface area contributed by atoms with E-state index in [2.05, 4.69) is 10.2 Å². The highest BCUT2D eigenvalue weighted by atomic mass is 19.4. The van der Waals surface area contributed by atoms with Crippen molar-refractivity contribution in [3.8, 4) is 0 Å². The van der Waals surface area contributed by atoms with E-state index in [9.17, 15) is 49.1 Å². The van der Waals surface area contributed by atoms with E-state index >= 15 is 0 Å². The average molecular weight is 729 g/mol. The van der Waals surface area contributed by atoms with Crippen LogP contribution in [0.5, 0.6) is 0 Å². The van der Waals surface area contributed by atoms with Gasteiger partial charge in [-0.3, -0.25) is 19.4 Å². The Morgan fingerprint density at radius 1 is 0.725 bits per heavy atom. The Bertz CT molecular complexity index is 1660. The zero-order chi connectivity index (χ0) is 37.3. The number of hydrogen-bond acceptors (Lipinski definition) is 4. The van der Waals surface area contributed by atoms with Crippen molar-refractivity contribution in [1.29, 1.82) is 0 Å². The van der Waals surface area contributed by atoms with Gasteiger partial charge in [0, 0.05) is 56.1 Å². The first-order valence-corrected chi connectivity index (χ1v) is 16.4. The third-order valence-electron chi connectivity index (χ3n) is 9.57.